The second kappa shape index (κ2) is 7.09. The lowest BCUT2D eigenvalue weighted by atomic mass is 10.1. The van der Waals surface area contributed by atoms with Crippen LogP contribution in [-0.2, 0) is 10.0 Å². The van der Waals surface area contributed by atoms with Crippen molar-refractivity contribution >= 4 is 38.4 Å². The summed E-state index contributed by atoms with van der Waals surface area (Å²) in [5, 5.41) is 0. The lowest BCUT2D eigenvalue weighted by Crippen LogP contribution is -2.45. The normalized spacial score (nSPS) is 20.2. The number of nitrogens with zero attached hydrogens (tertiary/aromatic N) is 1. The van der Waals surface area contributed by atoms with Gasteiger partial charge in [0.05, 0.1) is 16.5 Å². The molecule has 1 aliphatic heterocycles. The van der Waals surface area contributed by atoms with Crippen LogP contribution in [0, 0.1) is 0 Å². The average molecular weight is 386 g/mol. The molecule has 8 heteroatoms. The Morgan fingerprint density at radius 2 is 2.15 bits per heavy atom. The van der Waals surface area contributed by atoms with E-state index in [1.54, 1.807) is 12.1 Å². The Labute approximate surface area is 134 Å². The Bertz CT molecular complexity index is 568. The first kappa shape index (κ1) is 17.7. The molecule has 2 rings (SSSR count). The molecule has 1 atom stereocenters. The number of sulfonamides is 1. The van der Waals surface area contributed by atoms with Crippen LogP contribution in [0.15, 0.2) is 27.6 Å². The summed E-state index contributed by atoms with van der Waals surface area (Å²) in [6.45, 7) is 0.898. The van der Waals surface area contributed by atoms with Crippen molar-refractivity contribution in [2.24, 2.45) is 5.73 Å². The summed E-state index contributed by atoms with van der Waals surface area (Å²) < 4.78 is 32.3. The molecule has 0 radical (unpaired) electrons. The van der Waals surface area contributed by atoms with E-state index in [4.69, 9.17) is 10.5 Å². The summed E-state index contributed by atoms with van der Waals surface area (Å²) in [7, 11) is -1.98. The lowest BCUT2D eigenvalue weighted by Gasteiger charge is -2.29. The molecule has 0 aromatic heterocycles. The van der Waals surface area contributed by atoms with Gasteiger partial charge in [0.15, 0.2) is 0 Å². The van der Waals surface area contributed by atoms with Crippen LogP contribution in [0.3, 0.4) is 0 Å². The van der Waals surface area contributed by atoms with Crippen LogP contribution < -0.4 is 10.5 Å². The molecular formula is C12H18BrClN2O3S. The van der Waals surface area contributed by atoms with E-state index in [0.29, 0.717) is 18.8 Å². The van der Waals surface area contributed by atoms with E-state index < -0.39 is 10.0 Å². The molecule has 1 aromatic rings. The van der Waals surface area contributed by atoms with E-state index >= 15 is 0 Å². The SMILES string of the molecule is COc1cc(S(=O)(=O)N2CCCC(N)C2)ccc1Br.Cl. The summed E-state index contributed by atoms with van der Waals surface area (Å²) in [5.74, 6) is 0.502. The van der Waals surface area contributed by atoms with Crippen molar-refractivity contribution in [2.75, 3.05) is 20.2 Å². The van der Waals surface area contributed by atoms with Gasteiger partial charge in [-0.2, -0.15) is 4.31 Å². The molecule has 1 unspecified atom stereocenters. The van der Waals surface area contributed by atoms with Gasteiger partial charge in [-0.25, -0.2) is 8.42 Å². The second-order valence-electron chi connectivity index (χ2n) is 4.56. The molecule has 5 nitrogen and oxygen atoms in total. The molecule has 1 saturated heterocycles. The van der Waals surface area contributed by atoms with E-state index in [-0.39, 0.29) is 23.3 Å². The fourth-order valence-corrected chi connectivity index (χ4v) is 4.10. The second-order valence-corrected chi connectivity index (χ2v) is 7.35. The first-order valence-electron chi connectivity index (χ1n) is 6.04. The molecule has 20 heavy (non-hydrogen) atoms. The van der Waals surface area contributed by atoms with Gasteiger partial charge >= 0.3 is 0 Å². The van der Waals surface area contributed by atoms with Crippen LogP contribution in [0.5, 0.6) is 5.75 Å². The highest BCUT2D eigenvalue weighted by Gasteiger charge is 2.29. The quantitative estimate of drug-likeness (QED) is 0.863. The average Bonchev–Trinajstić information content (AvgIpc) is 2.39. The maximum absolute atomic E-state index is 12.5. The van der Waals surface area contributed by atoms with Crippen LogP contribution in [0.2, 0.25) is 0 Å². The maximum atomic E-state index is 12.5. The molecule has 1 fully saturated rings. The zero-order valence-corrected chi connectivity index (χ0v) is 14.3. The van der Waals surface area contributed by atoms with Gasteiger partial charge in [-0.3, -0.25) is 0 Å². The molecule has 1 aromatic carbocycles. The summed E-state index contributed by atoms with van der Waals surface area (Å²) in [6.07, 6.45) is 1.67. The molecule has 1 heterocycles. The minimum atomic E-state index is -3.49. The van der Waals surface area contributed by atoms with E-state index in [9.17, 15) is 8.42 Å². The summed E-state index contributed by atoms with van der Waals surface area (Å²) >= 11 is 3.31. The summed E-state index contributed by atoms with van der Waals surface area (Å²) in [4.78, 5) is 0.238. The van der Waals surface area contributed by atoms with Crippen LogP contribution in [-0.4, -0.2) is 39.0 Å². The molecule has 0 amide bonds. The van der Waals surface area contributed by atoms with Crippen molar-refractivity contribution in [3.05, 3.63) is 22.7 Å². The fraction of sp³-hybridized carbons (Fsp3) is 0.500. The van der Waals surface area contributed by atoms with Gasteiger partial charge in [-0.15, -0.1) is 12.4 Å². The Morgan fingerprint density at radius 3 is 2.75 bits per heavy atom. The standard InChI is InChI=1S/C12H17BrN2O3S.ClH/c1-18-12-7-10(4-5-11(12)13)19(16,17)15-6-2-3-9(14)8-15;/h4-5,7,9H,2-3,6,8,14H2,1H3;1H. The van der Waals surface area contributed by atoms with E-state index in [1.807, 2.05) is 0 Å². The monoisotopic (exact) mass is 384 g/mol. The number of benzene rings is 1. The van der Waals surface area contributed by atoms with E-state index in [1.165, 1.54) is 17.5 Å². The van der Waals surface area contributed by atoms with Crippen LogP contribution in [0.1, 0.15) is 12.8 Å². The third-order valence-corrected chi connectivity index (χ3v) is 5.70. The molecule has 2 N–H and O–H groups in total. The third-order valence-electron chi connectivity index (χ3n) is 3.18. The first-order valence-corrected chi connectivity index (χ1v) is 8.27. The van der Waals surface area contributed by atoms with Gasteiger partial charge in [0, 0.05) is 25.2 Å². The number of piperidine rings is 1. The molecule has 0 saturated carbocycles. The topological polar surface area (TPSA) is 72.6 Å². The van der Waals surface area contributed by atoms with Crippen molar-refractivity contribution in [3.8, 4) is 5.75 Å². The van der Waals surface area contributed by atoms with E-state index in [0.717, 1.165) is 17.3 Å². The summed E-state index contributed by atoms with van der Waals surface area (Å²) in [5.41, 5.74) is 5.84. The van der Waals surface area contributed by atoms with Crippen molar-refractivity contribution in [2.45, 2.75) is 23.8 Å². The minimum Gasteiger partial charge on any atom is -0.496 e. The van der Waals surface area contributed by atoms with Gasteiger partial charge in [-0.1, -0.05) is 0 Å². The predicted octanol–water partition coefficient (Wildman–Crippen LogP) is 1.99. The van der Waals surface area contributed by atoms with Crippen molar-refractivity contribution < 1.29 is 13.2 Å². The van der Waals surface area contributed by atoms with Gasteiger partial charge in [-0.05, 0) is 40.9 Å². The molecular weight excluding hydrogens is 368 g/mol. The lowest BCUT2D eigenvalue weighted by molar-refractivity contribution is 0.316. The third kappa shape index (κ3) is 3.65. The number of halogens is 2. The molecule has 114 valence electrons. The Kier molecular flexibility index (Phi) is 6.27. The number of nitrogens with two attached hydrogens (primary N) is 1. The first-order chi connectivity index (χ1) is 8.95. The van der Waals surface area contributed by atoms with Crippen LogP contribution in [0.4, 0.5) is 0 Å². The zero-order chi connectivity index (χ0) is 14.0. The Hall–Kier alpha value is -0.340. The van der Waals surface area contributed by atoms with Crippen LogP contribution >= 0.6 is 28.3 Å². The number of ether oxygens (including phenoxy) is 1. The molecule has 0 aliphatic carbocycles. The van der Waals surface area contributed by atoms with Gasteiger partial charge in [0.1, 0.15) is 5.75 Å². The molecule has 1 aliphatic rings. The van der Waals surface area contributed by atoms with Crippen LogP contribution in [0.25, 0.3) is 0 Å². The van der Waals surface area contributed by atoms with Gasteiger partial charge in [0.25, 0.3) is 0 Å². The molecule has 0 bridgehead atoms. The van der Waals surface area contributed by atoms with Crippen molar-refractivity contribution in [1.82, 2.24) is 4.31 Å². The highest BCUT2D eigenvalue weighted by Crippen LogP contribution is 2.29. The minimum absolute atomic E-state index is 0. The number of hydrogen-bond acceptors (Lipinski definition) is 4. The van der Waals surface area contributed by atoms with E-state index in [2.05, 4.69) is 15.9 Å². The Morgan fingerprint density at radius 1 is 1.45 bits per heavy atom. The number of methoxy groups -OCH3 is 1. The highest BCUT2D eigenvalue weighted by molar-refractivity contribution is 9.10. The number of rotatable bonds is 3. The largest absolute Gasteiger partial charge is 0.496 e. The number of hydrogen-bond donors (Lipinski definition) is 1. The van der Waals surface area contributed by atoms with Crippen molar-refractivity contribution in [1.29, 1.82) is 0 Å². The van der Waals surface area contributed by atoms with Gasteiger partial charge in [0.2, 0.25) is 10.0 Å². The Balaban J connectivity index is 0.00000200. The smallest absolute Gasteiger partial charge is 0.243 e. The summed E-state index contributed by atoms with van der Waals surface area (Å²) in [6, 6.07) is 4.69. The van der Waals surface area contributed by atoms with Gasteiger partial charge < -0.3 is 10.5 Å². The zero-order valence-electron chi connectivity index (χ0n) is 11.1. The predicted molar refractivity (Wildman–Crippen MR) is 83.9 cm³/mol. The maximum Gasteiger partial charge on any atom is 0.243 e. The molecule has 0 spiro atoms. The fourth-order valence-electron chi connectivity index (χ4n) is 2.14. The highest BCUT2D eigenvalue weighted by atomic mass is 79.9. The van der Waals surface area contributed by atoms with Crippen molar-refractivity contribution in [3.63, 3.8) is 0 Å².